The monoisotopic (exact) mass is 256 g/mol. The third-order valence-corrected chi connectivity index (χ3v) is 5.54. The molecular weight excluding hydrogens is 240 g/mol. The molecule has 1 aromatic carbocycles. The molecule has 1 N–H and O–H groups in total. The van der Waals surface area contributed by atoms with Crippen LogP contribution in [-0.2, 0) is 16.3 Å². The van der Waals surface area contributed by atoms with Crippen molar-refractivity contribution in [3.05, 3.63) is 23.8 Å². The van der Waals surface area contributed by atoms with Gasteiger partial charge in [-0.15, -0.1) is 0 Å². The standard InChI is InChI=1S/C12H16O4S/c1-12(2,8-13)17(14,15)10-3-4-11-9(7-10)5-6-16-11/h3-4,7,13H,5-6,8H2,1-2H3. The van der Waals surface area contributed by atoms with Gasteiger partial charge in [0.05, 0.1) is 22.9 Å². The Morgan fingerprint density at radius 1 is 1.41 bits per heavy atom. The van der Waals surface area contributed by atoms with E-state index >= 15 is 0 Å². The SMILES string of the molecule is CC(C)(CO)S(=O)(=O)c1ccc2c(c1)CCO2. The largest absolute Gasteiger partial charge is 0.493 e. The van der Waals surface area contributed by atoms with Crippen LogP contribution in [0.5, 0.6) is 5.75 Å². The quantitative estimate of drug-likeness (QED) is 0.881. The Balaban J connectivity index is 2.48. The van der Waals surface area contributed by atoms with Crippen LogP contribution in [-0.4, -0.2) is 31.5 Å². The molecule has 0 aromatic heterocycles. The zero-order valence-electron chi connectivity index (χ0n) is 9.93. The highest BCUT2D eigenvalue weighted by Gasteiger charge is 2.35. The van der Waals surface area contributed by atoms with Crippen molar-refractivity contribution < 1.29 is 18.3 Å². The molecule has 17 heavy (non-hydrogen) atoms. The average molecular weight is 256 g/mol. The third-order valence-electron chi connectivity index (χ3n) is 3.08. The van der Waals surface area contributed by atoms with E-state index in [-0.39, 0.29) is 4.90 Å². The van der Waals surface area contributed by atoms with Gasteiger partial charge in [0, 0.05) is 6.42 Å². The van der Waals surface area contributed by atoms with Gasteiger partial charge in [-0.1, -0.05) is 0 Å². The van der Waals surface area contributed by atoms with Gasteiger partial charge in [0.15, 0.2) is 9.84 Å². The fraction of sp³-hybridized carbons (Fsp3) is 0.500. The highest BCUT2D eigenvalue weighted by atomic mass is 32.2. The Labute approximate surface area is 101 Å². The Bertz CT molecular complexity index is 531. The minimum absolute atomic E-state index is 0.251. The minimum atomic E-state index is -3.52. The number of hydrogen-bond donors (Lipinski definition) is 1. The Kier molecular flexibility index (Phi) is 2.91. The van der Waals surface area contributed by atoms with Gasteiger partial charge in [-0.25, -0.2) is 8.42 Å². The van der Waals surface area contributed by atoms with Gasteiger partial charge >= 0.3 is 0 Å². The van der Waals surface area contributed by atoms with Crippen LogP contribution in [0.1, 0.15) is 19.4 Å². The van der Waals surface area contributed by atoms with Crippen molar-refractivity contribution in [1.82, 2.24) is 0 Å². The van der Waals surface area contributed by atoms with Gasteiger partial charge in [-0.05, 0) is 37.6 Å². The van der Waals surface area contributed by atoms with Gasteiger partial charge < -0.3 is 9.84 Å². The number of ether oxygens (including phenoxy) is 1. The maximum absolute atomic E-state index is 12.3. The van der Waals surface area contributed by atoms with Crippen LogP contribution in [0, 0.1) is 0 Å². The molecule has 1 heterocycles. The van der Waals surface area contributed by atoms with E-state index in [1.54, 1.807) is 12.1 Å². The average Bonchev–Trinajstić information content (AvgIpc) is 2.75. The molecule has 0 spiro atoms. The Hall–Kier alpha value is -1.07. The molecule has 2 rings (SSSR count). The molecule has 1 aliphatic heterocycles. The summed E-state index contributed by atoms with van der Waals surface area (Å²) in [5, 5.41) is 9.18. The van der Waals surface area contributed by atoms with E-state index in [1.807, 2.05) is 0 Å². The summed E-state index contributed by atoms with van der Waals surface area (Å²) in [7, 11) is -3.52. The molecule has 0 atom stereocenters. The van der Waals surface area contributed by atoms with E-state index in [1.165, 1.54) is 19.9 Å². The number of rotatable bonds is 3. The van der Waals surface area contributed by atoms with E-state index in [9.17, 15) is 13.5 Å². The first-order chi connectivity index (χ1) is 7.88. The van der Waals surface area contributed by atoms with E-state index in [2.05, 4.69) is 0 Å². The normalized spacial score (nSPS) is 15.5. The number of aliphatic hydroxyl groups is 1. The van der Waals surface area contributed by atoms with Gasteiger partial charge in [0.1, 0.15) is 5.75 Å². The second-order valence-corrected chi connectivity index (χ2v) is 7.37. The molecule has 0 fully saturated rings. The number of hydrogen-bond acceptors (Lipinski definition) is 4. The van der Waals surface area contributed by atoms with Gasteiger partial charge in [0.25, 0.3) is 0 Å². The molecule has 94 valence electrons. The summed E-state index contributed by atoms with van der Waals surface area (Å²) < 4.78 is 28.7. The number of benzene rings is 1. The highest BCUT2D eigenvalue weighted by Crippen LogP contribution is 2.31. The second-order valence-electron chi connectivity index (χ2n) is 4.79. The van der Waals surface area contributed by atoms with E-state index < -0.39 is 21.2 Å². The lowest BCUT2D eigenvalue weighted by atomic mass is 10.2. The van der Waals surface area contributed by atoms with E-state index in [4.69, 9.17) is 4.74 Å². The Morgan fingerprint density at radius 3 is 2.76 bits per heavy atom. The van der Waals surface area contributed by atoms with Crippen LogP contribution < -0.4 is 4.74 Å². The predicted molar refractivity (Wildman–Crippen MR) is 64.0 cm³/mol. The molecule has 0 amide bonds. The second kappa shape index (κ2) is 3.99. The molecule has 0 radical (unpaired) electrons. The zero-order valence-corrected chi connectivity index (χ0v) is 10.8. The lowest BCUT2D eigenvalue weighted by molar-refractivity contribution is 0.258. The van der Waals surface area contributed by atoms with Crippen molar-refractivity contribution >= 4 is 9.84 Å². The molecule has 0 saturated carbocycles. The van der Waals surface area contributed by atoms with Crippen LogP contribution in [0.15, 0.2) is 23.1 Å². The molecule has 0 unspecified atom stereocenters. The summed E-state index contributed by atoms with van der Waals surface area (Å²) in [6.07, 6.45) is 0.734. The van der Waals surface area contributed by atoms with Crippen LogP contribution in [0.4, 0.5) is 0 Å². The number of fused-ring (bicyclic) bond motifs is 1. The summed E-state index contributed by atoms with van der Waals surface area (Å²) >= 11 is 0. The maximum Gasteiger partial charge on any atom is 0.185 e. The van der Waals surface area contributed by atoms with Crippen molar-refractivity contribution in [3.63, 3.8) is 0 Å². The van der Waals surface area contributed by atoms with Gasteiger partial charge in [-0.3, -0.25) is 0 Å². The lowest BCUT2D eigenvalue weighted by Crippen LogP contribution is -2.35. The lowest BCUT2D eigenvalue weighted by Gasteiger charge is -2.22. The van der Waals surface area contributed by atoms with Gasteiger partial charge in [-0.2, -0.15) is 0 Å². The van der Waals surface area contributed by atoms with Crippen molar-refractivity contribution in [2.45, 2.75) is 29.9 Å². The summed E-state index contributed by atoms with van der Waals surface area (Å²) in [6.45, 7) is 3.24. The van der Waals surface area contributed by atoms with Crippen LogP contribution in [0.25, 0.3) is 0 Å². The Morgan fingerprint density at radius 2 is 2.12 bits per heavy atom. The van der Waals surface area contributed by atoms with Crippen LogP contribution in [0.2, 0.25) is 0 Å². The van der Waals surface area contributed by atoms with Crippen molar-refractivity contribution in [3.8, 4) is 5.75 Å². The van der Waals surface area contributed by atoms with E-state index in [0.717, 1.165) is 17.7 Å². The van der Waals surface area contributed by atoms with Gasteiger partial charge in [0.2, 0.25) is 0 Å². The van der Waals surface area contributed by atoms with Crippen LogP contribution >= 0.6 is 0 Å². The summed E-state index contributed by atoms with van der Waals surface area (Å²) in [6, 6.07) is 4.87. The van der Waals surface area contributed by atoms with Crippen molar-refractivity contribution in [2.24, 2.45) is 0 Å². The molecule has 1 aromatic rings. The predicted octanol–water partition coefficient (Wildman–Crippen LogP) is 1.17. The summed E-state index contributed by atoms with van der Waals surface area (Å²) in [5.41, 5.74) is 0.916. The smallest absolute Gasteiger partial charge is 0.185 e. The van der Waals surface area contributed by atoms with Crippen LogP contribution in [0.3, 0.4) is 0 Å². The first-order valence-electron chi connectivity index (χ1n) is 5.50. The zero-order chi connectivity index (χ0) is 12.7. The summed E-state index contributed by atoms with van der Waals surface area (Å²) in [5.74, 6) is 0.755. The van der Waals surface area contributed by atoms with E-state index in [0.29, 0.717) is 6.61 Å². The fourth-order valence-electron chi connectivity index (χ4n) is 1.73. The maximum atomic E-state index is 12.3. The first-order valence-corrected chi connectivity index (χ1v) is 6.98. The molecule has 0 saturated heterocycles. The third kappa shape index (κ3) is 1.93. The molecule has 0 bridgehead atoms. The van der Waals surface area contributed by atoms with Crippen molar-refractivity contribution in [2.75, 3.05) is 13.2 Å². The van der Waals surface area contributed by atoms with Crippen molar-refractivity contribution in [1.29, 1.82) is 0 Å². The fourth-order valence-corrected chi connectivity index (χ4v) is 3.09. The molecule has 4 nitrogen and oxygen atoms in total. The molecular formula is C12H16O4S. The highest BCUT2D eigenvalue weighted by molar-refractivity contribution is 7.92. The summed E-state index contributed by atoms with van der Waals surface area (Å²) in [4.78, 5) is 0.251. The molecule has 1 aliphatic rings. The molecule has 5 heteroatoms. The number of sulfone groups is 1. The topological polar surface area (TPSA) is 63.6 Å². The molecule has 0 aliphatic carbocycles. The number of aliphatic hydroxyl groups excluding tert-OH is 1. The first kappa shape index (κ1) is 12.4. The minimum Gasteiger partial charge on any atom is -0.493 e.